The Labute approximate surface area is 173 Å². The second kappa shape index (κ2) is 8.68. The number of hydrogen-bond acceptors (Lipinski definition) is 7. The molecule has 8 nitrogen and oxygen atoms in total. The minimum Gasteiger partial charge on any atom is -0.489 e. The van der Waals surface area contributed by atoms with Crippen molar-refractivity contribution in [3.05, 3.63) is 59.1 Å². The minimum atomic E-state index is -4.05. The molecule has 1 aliphatic rings. The van der Waals surface area contributed by atoms with Crippen LogP contribution in [0.1, 0.15) is 12.0 Å². The number of ether oxygens (including phenoxy) is 1. The molecule has 29 heavy (non-hydrogen) atoms. The summed E-state index contributed by atoms with van der Waals surface area (Å²) < 4.78 is 31.7. The first-order valence-corrected chi connectivity index (χ1v) is 10.8. The van der Waals surface area contributed by atoms with Gasteiger partial charge in [0.1, 0.15) is 17.6 Å². The van der Waals surface area contributed by atoms with Crippen molar-refractivity contribution in [3.8, 4) is 5.75 Å². The predicted octanol–water partition coefficient (Wildman–Crippen LogP) is 1.29. The van der Waals surface area contributed by atoms with Crippen LogP contribution in [0.25, 0.3) is 0 Å². The number of hydrogen-bond donors (Lipinski definition) is 4. The number of aliphatic hydroxyl groups is 1. The van der Waals surface area contributed by atoms with Crippen molar-refractivity contribution in [1.82, 2.24) is 10.8 Å². The second-order valence-electron chi connectivity index (χ2n) is 6.75. The van der Waals surface area contributed by atoms with Gasteiger partial charge in [0.15, 0.2) is 15.4 Å². The van der Waals surface area contributed by atoms with Crippen LogP contribution in [-0.4, -0.2) is 48.6 Å². The number of nitrogens with one attached hydrogen (secondary N) is 2. The number of hydroxylamine groups is 1. The van der Waals surface area contributed by atoms with Crippen LogP contribution in [0.4, 0.5) is 0 Å². The Morgan fingerprint density at radius 2 is 1.86 bits per heavy atom. The number of β-amino-alcohol motifs (C(OH)–C–C–N with tert-alkyl or cyclic N) is 1. The van der Waals surface area contributed by atoms with Gasteiger partial charge in [0, 0.05) is 11.6 Å². The van der Waals surface area contributed by atoms with Gasteiger partial charge in [0.2, 0.25) is 0 Å². The van der Waals surface area contributed by atoms with E-state index in [9.17, 15) is 18.3 Å². The molecule has 2 aromatic rings. The van der Waals surface area contributed by atoms with Gasteiger partial charge in [0.05, 0.1) is 4.90 Å². The lowest BCUT2D eigenvalue weighted by atomic mass is 9.93. The van der Waals surface area contributed by atoms with Gasteiger partial charge in [-0.05, 0) is 54.9 Å². The van der Waals surface area contributed by atoms with Crippen LogP contribution in [0.2, 0.25) is 5.02 Å². The maximum absolute atomic E-state index is 13.0. The van der Waals surface area contributed by atoms with E-state index in [1.165, 1.54) is 29.7 Å². The Balaban J connectivity index is 1.76. The van der Waals surface area contributed by atoms with E-state index in [0.29, 0.717) is 17.3 Å². The number of amides is 1. The molecule has 1 heterocycles. The van der Waals surface area contributed by atoms with Crippen molar-refractivity contribution >= 4 is 27.3 Å². The number of sulfone groups is 1. The fourth-order valence-electron chi connectivity index (χ4n) is 3.24. The average molecular weight is 441 g/mol. The molecule has 0 saturated carbocycles. The quantitative estimate of drug-likeness (QED) is 0.394. The summed E-state index contributed by atoms with van der Waals surface area (Å²) in [5.74, 6) is -0.700. The highest BCUT2D eigenvalue weighted by Gasteiger charge is 2.52. The van der Waals surface area contributed by atoms with E-state index in [1.807, 2.05) is 12.1 Å². The Bertz CT molecular complexity index is 965. The summed E-state index contributed by atoms with van der Waals surface area (Å²) >= 11 is 5.84. The number of carbonyl (C=O) groups excluding carboxylic acids is 1. The number of halogens is 1. The molecule has 0 aromatic heterocycles. The van der Waals surface area contributed by atoms with E-state index in [4.69, 9.17) is 21.5 Å². The van der Waals surface area contributed by atoms with Crippen LogP contribution in [0.5, 0.6) is 5.75 Å². The van der Waals surface area contributed by atoms with Crippen molar-refractivity contribution in [2.75, 3.05) is 13.1 Å². The zero-order chi connectivity index (χ0) is 21.1. The van der Waals surface area contributed by atoms with Gasteiger partial charge < -0.3 is 15.2 Å². The van der Waals surface area contributed by atoms with Gasteiger partial charge in [0.25, 0.3) is 5.91 Å². The maximum Gasteiger partial charge on any atom is 0.277 e. The largest absolute Gasteiger partial charge is 0.489 e. The molecule has 0 radical (unpaired) electrons. The molecular weight excluding hydrogens is 420 g/mol. The molecule has 3 rings (SSSR count). The normalized spacial score (nSPS) is 22.1. The van der Waals surface area contributed by atoms with Gasteiger partial charge in [-0.2, -0.15) is 0 Å². The maximum atomic E-state index is 13.0. The lowest BCUT2D eigenvalue weighted by Gasteiger charge is -2.37. The van der Waals surface area contributed by atoms with E-state index < -0.39 is 26.6 Å². The van der Waals surface area contributed by atoms with E-state index in [-0.39, 0.29) is 24.5 Å². The van der Waals surface area contributed by atoms with E-state index in [0.717, 1.165) is 5.56 Å². The summed E-state index contributed by atoms with van der Waals surface area (Å²) in [5.41, 5.74) is -0.0266. The van der Waals surface area contributed by atoms with Crippen molar-refractivity contribution in [3.63, 3.8) is 0 Å². The lowest BCUT2D eigenvalue weighted by molar-refractivity contribution is -0.149. The number of rotatable bonds is 6. The van der Waals surface area contributed by atoms with Crippen molar-refractivity contribution in [1.29, 1.82) is 0 Å². The monoisotopic (exact) mass is 440 g/mol. The summed E-state index contributed by atoms with van der Waals surface area (Å²) in [6.45, 7) is 0.312. The molecule has 0 spiro atoms. The van der Waals surface area contributed by atoms with Gasteiger partial charge >= 0.3 is 0 Å². The highest BCUT2D eigenvalue weighted by molar-refractivity contribution is 7.92. The molecule has 0 aliphatic carbocycles. The number of carbonyl (C=O) groups is 1. The average Bonchev–Trinajstić information content (AvgIpc) is 2.73. The molecule has 2 aromatic carbocycles. The second-order valence-corrected chi connectivity index (χ2v) is 9.32. The molecule has 2 atom stereocenters. The topological polar surface area (TPSA) is 125 Å². The van der Waals surface area contributed by atoms with Crippen molar-refractivity contribution in [2.45, 2.75) is 28.8 Å². The van der Waals surface area contributed by atoms with E-state index in [1.54, 1.807) is 12.1 Å². The third-order valence-electron chi connectivity index (χ3n) is 4.85. The molecule has 4 N–H and O–H groups in total. The fraction of sp³-hybridized carbons (Fsp3) is 0.316. The fourth-order valence-corrected chi connectivity index (χ4v) is 5.34. The van der Waals surface area contributed by atoms with Crippen LogP contribution in [0.15, 0.2) is 53.4 Å². The molecule has 156 valence electrons. The molecule has 0 bridgehead atoms. The van der Waals surface area contributed by atoms with Crippen LogP contribution in [0.3, 0.4) is 0 Å². The first-order chi connectivity index (χ1) is 13.8. The Morgan fingerprint density at radius 3 is 2.48 bits per heavy atom. The molecule has 2 unspecified atom stereocenters. The third-order valence-corrected chi connectivity index (χ3v) is 7.41. The number of piperidine rings is 1. The molecule has 1 aliphatic heterocycles. The Morgan fingerprint density at radius 1 is 1.21 bits per heavy atom. The number of benzene rings is 2. The summed E-state index contributed by atoms with van der Waals surface area (Å²) in [4.78, 5) is 11.9. The highest BCUT2D eigenvalue weighted by atomic mass is 35.5. The zero-order valence-electron chi connectivity index (χ0n) is 15.3. The van der Waals surface area contributed by atoms with Gasteiger partial charge in [-0.15, -0.1) is 0 Å². The standard InChI is InChI=1S/C19H21ClN2O6S/c20-14-3-1-13(2-4-14)11-28-15-5-7-16(8-6-15)29(26,27)17-9-10-21-12-19(17,24)18(23)22-25/h1-8,17,21,24-25H,9-12H2,(H,22,23). The molecule has 1 fully saturated rings. The zero-order valence-corrected chi connectivity index (χ0v) is 16.9. The Hall–Kier alpha value is -2.17. The first kappa shape index (κ1) is 21.5. The molecular formula is C19H21ClN2O6S. The summed E-state index contributed by atoms with van der Waals surface area (Å²) in [6.07, 6.45) is 0.0150. The molecule has 1 saturated heterocycles. The van der Waals surface area contributed by atoms with Crippen LogP contribution in [-0.2, 0) is 21.2 Å². The van der Waals surface area contributed by atoms with Gasteiger partial charge in [-0.25, -0.2) is 13.9 Å². The lowest BCUT2D eigenvalue weighted by Crippen LogP contribution is -2.65. The summed E-state index contributed by atoms with van der Waals surface area (Å²) in [6, 6.07) is 12.9. The van der Waals surface area contributed by atoms with Crippen LogP contribution >= 0.6 is 11.6 Å². The van der Waals surface area contributed by atoms with Gasteiger partial charge in [-0.1, -0.05) is 23.7 Å². The minimum absolute atomic E-state index is 0.0150. The summed E-state index contributed by atoms with van der Waals surface area (Å²) in [7, 11) is -4.05. The SMILES string of the molecule is O=C(NO)C1(O)CNCCC1S(=O)(=O)c1ccc(OCc2ccc(Cl)cc2)cc1. The first-order valence-electron chi connectivity index (χ1n) is 8.86. The predicted molar refractivity (Wildman–Crippen MR) is 106 cm³/mol. The third kappa shape index (κ3) is 4.54. The molecule has 1 amide bonds. The van der Waals surface area contributed by atoms with E-state index in [2.05, 4.69) is 5.32 Å². The van der Waals surface area contributed by atoms with Gasteiger partial charge in [-0.3, -0.25) is 10.0 Å². The van der Waals surface area contributed by atoms with Crippen LogP contribution < -0.4 is 15.5 Å². The van der Waals surface area contributed by atoms with Crippen LogP contribution in [0, 0.1) is 0 Å². The van der Waals surface area contributed by atoms with E-state index >= 15 is 0 Å². The molecule has 10 heteroatoms. The highest BCUT2D eigenvalue weighted by Crippen LogP contribution is 2.30. The summed E-state index contributed by atoms with van der Waals surface area (Å²) in [5, 5.41) is 21.5. The van der Waals surface area contributed by atoms with Crippen molar-refractivity contribution in [2.24, 2.45) is 0 Å². The smallest absolute Gasteiger partial charge is 0.277 e. The van der Waals surface area contributed by atoms with Crippen molar-refractivity contribution < 1.29 is 28.3 Å². The Kier molecular flexibility index (Phi) is 6.45.